The lowest BCUT2D eigenvalue weighted by atomic mass is 10.0. The highest BCUT2D eigenvalue weighted by molar-refractivity contribution is 7.47. The summed E-state index contributed by atoms with van der Waals surface area (Å²) in [5, 5.41) is 0. The molecule has 0 aromatic carbocycles. The van der Waals surface area contributed by atoms with Gasteiger partial charge in [0.2, 0.25) is 0 Å². The number of ether oxygens (including phenoxy) is 2. The molecule has 2 unspecified atom stereocenters. The fraction of sp³-hybridized carbons (Fsp3) is 0.792. The summed E-state index contributed by atoms with van der Waals surface area (Å²) in [4.78, 5) is 35.4. The number of rotatable bonds is 70. The Balaban J connectivity index is 3.79. The van der Waals surface area contributed by atoms with Crippen LogP contribution in [0.2, 0.25) is 0 Å². The lowest BCUT2D eigenvalue weighted by Crippen LogP contribution is -2.29. The minimum atomic E-state index is -4.40. The van der Waals surface area contributed by atoms with Gasteiger partial charge in [0.1, 0.15) is 6.61 Å². The fourth-order valence-corrected chi connectivity index (χ4v) is 11.6. The maximum atomic E-state index is 12.8. The van der Waals surface area contributed by atoms with Gasteiger partial charge in [-0.15, -0.1) is 0 Å². The highest BCUT2D eigenvalue weighted by atomic mass is 31.2. The first kappa shape index (κ1) is 84.2. The van der Waals surface area contributed by atoms with E-state index < -0.39 is 26.5 Å². The third kappa shape index (κ3) is 72.1. The van der Waals surface area contributed by atoms with Crippen LogP contribution in [0.4, 0.5) is 0 Å². The number of allylic oxidation sites excluding steroid dienone is 14. The molecule has 87 heavy (non-hydrogen) atoms. The number of esters is 2. The molecular formula is C77H140NO8P. The van der Waals surface area contributed by atoms with Gasteiger partial charge < -0.3 is 20.1 Å². The summed E-state index contributed by atoms with van der Waals surface area (Å²) < 4.78 is 33.2. The van der Waals surface area contributed by atoms with Crippen molar-refractivity contribution in [1.29, 1.82) is 0 Å². The van der Waals surface area contributed by atoms with Crippen molar-refractivity contribution >= 4 is 19.8 Å². The molecule has 0 rings (SSSR count). The molecule has 0 aliphatic carbocycles. The molecule has 0 aliphatic rings. The lowest BCUT2D eigenvalue weighted by molar-refractivity contribution is -0.161. The second kappa shape index (κ2) is 72.3. The third-order valence-corrected chi connectivity index (χ3v) is 17.2. The molecule has 0 aromatic heterocycles. The van der Waals surface area contributed by atoms with E-state index in [-0.39, 0.29) is 38.6 Å². The topological polar surface area (TPSA) is 134 Å². The predicted molar refractivity (Wildman–Crippen MR) is 376 cm³/mol. The van der Waals surface area contributed by atoms with Crippen molar-refractivity contribution in [1.82, 2.24) is 0 Å². The van der Waals surface area contributed by atoms with Gasteiger partial charge in [-0.3, -0.25) is 18.6 Å². The van der Waals surface area contributed by atoms with Crippen molar-refractivity contribution in [3.63, 3.8) is 0 Å². The Morgan fingerprint density at radius 3 is 0.943 bits per heavy atom. The van der Waals surface area contributed by atoms with Crippen LogP contribution in [0.25, 0.3) is 0 Å². The van der Waals surface area contributed by atoms with Crippen molar-refractivity contribution in [2.24, 2.45) is 5.73 Å². The molecule has 3 N–H and O–H groups in total. The predicted octanol–water partition coefficient (Wildman–Crippen LogP) is 24.5. The number of hydrogen-bond donors (Lipinski definition) is 2. The van der Waals surface area contributed by atoms with Gasteiger partial charge in [-0.05, 0) is 89.9 Å². The van der Waals surface area contributed by atoms with E-state index in [2.05, 4.69) is 98.9 Å². The Hall–Kier alpha value is -2.81. The highest BCUT2D eigenvalue weighted by Gasteiger charge is 2.26. The monoisotopic (exact) mass is 1240 g/mol. The lowest BCUT2D eigenvalue weighted by Gasteiger charge is -2.19. The van der Waals surface area contributed by atoms with Crippen LogP contribution < -0.4 is 5.73 Å². The van der Waals surface area contributed by atoms with Gasteiger partial charge >= 0.3 is 19.8 Å². The zero-order valence-electron chi connectivity index (χ0n) is 57.0. The Bertz CT molecular complexity index is 1700. The molecule has 9 nitrogen and oxygen atoms in total. The smallest absolute Gasteiger partial charge is 0.462 e. The number of phosphoric acid groups is 1. The van der Waals surface area contributed by atoms with Crippen LogP contribution >= 0.6 is 7.82 Å². The van der Waals surface area contributed by atoms with E-state index in [0.29, 0.717) is 6.42 Å². The molecular weight excluding hydrogens is 1100 g/mol. The molecule has 506 valence electrons. The molecule has 0 aromatic rings. The molecule has 0 fully saturated rings. The second-order valence-corrected chi connectivity index (χ2v) is 26.2. The zero-order chi connectivity index (χ0) is 63.0. The van der Waals surface area contributed by atoms with Gasteiger partial charge in [0.25, 0.3) is 0 Å². The van der Waals surface area contributed by atoms with Gasteiger partial charge in [-0.2, -0.15) is 0 Å². The summed E-state index contributed by atoms with van der Waals surface area (Å²) in [6, 6.07) is 0. The van der Waals surface area contributed by atoms with Gasteiger partial charge in [-0.1, -0.05) is 343 Å². The summed E-state index contributed by atoms with van der Waals surface area (Å²) >= 11 is 0. The summed E-state index contributed by atoms with van der Waals surface area (Å²) in [5.41, 5.74) is 5.41. The Labute approximate surface area is 538 Å². The average Bonchev–Trinajstić information content (AvgIpc) is 3.62. The number of nitrogens with two attached hydrogens (primary N) is 1. The van der Waals surface area contributed by atoms with E-state index in [9.17, 15) is 19.0 Å². The maximum Gasteiger partial charge on any atom is 0.472 e. The third-order valence-electron chi connectivity index (χ3n) is 16.3. The van der Waals surface area contributed by atoms with Crippen LogP contribution in [0.3, 0.4) is 0 Å². The van der Waals surface area contributed by atoms with Crippen LogP contribution in [-0.2, 0) is 32.7 Å². The van der Waals surface area contributed by atoms with Crippen molar-refractivity contribution in [3.05, 3.63) is 85.1 Å². The minimum Gasteiger partial charge on any atom is -0.462 e. The first-order valence-corrected chi connectivity index (χ1v) is 38.6. The van der Waals surface area contributed by atoms with Gasteiger partial charge in [0, 0.05) is 19.4 Å². The molecule has 0 radical (unpaired) electrons. The maximum absolute atomic E-state index is 12.8. The summed E-state index contributed by atoms with van der Waals surface area (Å²) in [6.45, 7) is 3.67. The Morgan fingerprint density at radius 2 is 0.632 bits per heavy atom. The quantitative estimate of drug-likeness (QED) is 0.0264. The van der Waals surface area contributed by atoms with Crippen molar-refractivity contribution in [3.8, 4) is 0 Å². The standard InChI is InChI=1S/C77H140NO8P/c1-3-5-7-9-11-13-15-17-19-21-23-25-27-29-31-32-33-34-35-36-37-38-39-40-41-42-44-45-47-49-51-53-55-57-59-61-63-65-67-69-76(79)83-73-75(74-85-87(81,82)84-72-71-78)86-77(80)70-68-66-64-62-60-58-56-54-52-50-48-46-43-30-28-26-24-22-20-18-16-14-12-10-8-6-4-2/h6,8,12,14-15,17-18,20-21,23-24,26-27,29,75H,3-5,7,9-11,13,16,19,22,25,28,30-74,78H2,1-2H3,(H,81,82)/b8-6-,14-12-,17-15-,20-18-,23-21-,26-24-,29-27-. The highest BCUT2D eigenvalue weighted by Crippen LogP contribution is 2.43. The first-order valence-electron chi connectivity index (χ1n) is 37.1. The summed E-state index contributed by atoms with van der Waals surface area (Å²) in [7, 11) is -4.40. The summed E-state index contributed by atoms with van der Waals surface area (Å²) in [6.07, 6.45) is 97.0. The second-order valence-electron chi connectivity index (χ2n) is 24.8. The number of unbranched alkanes of at least 4 members (excludes halogenated alkanes) is 43. The minimum absolute atomic E-state index is 0.0528. The van der Waals surface area contributed by atoms with Crippen LogP contribution in [0, 0.1) is 0 Å². The SMILES string of the molecule is CC/C=C\C/C=C\C/C=C\C/C=C\CCCCCCCCCCCCCCCCC(=O)OC(COC(=O)CCCCCCCCCCCCCCCCCCCCCCCCCC/C=C\C/C=C\C/C=C\CCCCCCC)COP(=O)(O)OCCN. The molecule has 0 heterocycles. The van der Waals surface area contributed by atoms with Crippen LogP contribution in [0.1, 0.15) is 361 Å². The number of carbonyl (C=O) groups is 2. The Morgan fingerprint density at radius 1 is 0.356 bits per heavy atom. The van der Waals surface area contributed by atoms with E-state index >= 15 is 0 Å². The van der Waals surface area contributed by atoms with Crippen molar-refractivity contribution < 1.29 is 37.6 Å². The van der Waals surface area contributed by atoms with E-state index in [1.54, 1.807) is 0 Å². The molecule has 0 amide bonds. The number of phosphoric ester groups is 1. The number of carbonyl (C=O) groups excluding carboxylic acids is 2. The van der Waals surface area contributed by atoms with E-state index in [1.807, 2.05) is 0 Å². The van der Waals surface area contributed by atoms with E-state index in [1.165, 1.54) is 250 Å². The first-order chi connectivity index (χ1) is 42.8. The zero-order valence-corrected chi connectivity index (χ0v) is 57.9. The van der Waals surface area contributed by atoms with Crippen molar-refractivity contribution in [2.45, 2.75) is 367 Å². The normalized spacial score (nSPS) is 13.4. The van der Waals surface area contributed by atoms with Crippen LogP contribution in [0.15, 0.2) is 85.1 Å². The van der Waals surface area contributed by atoms with Gasteiger partial charge in [-0.25, -0.2) is 4.57 Å². The average molecular weight is 1240 g/mol. The largest absolute Gasteiger partial charge is 0.472 e. The molecule has 2 atom stereocenters. The van der Waals surface area contributed by atoms with E-state index in [4.69, 9.17) is 24.3 Å². The van der Waals surface area contributed by atoms with Crippen LogP contribution in [-0.4, -0.2) is 49.3 Å². The summed E-state index contributed by atoms with van der Waals surface area (Å²) in [5.74, 6) is -0.814. The van der Waals surface area contributed by atoms with Crippen LogP contribution in [0.5, 0.6) is 0 Å². The molecule has 10 heteroatoms. The molecule has 0 saturated heterocycles. The Kier molecular flexibility index (Phi) is 69.9. The van der Waals surface area contributed by atoms with Crippen molar-refractivity contribution in [2.75, 3.05) is 26.4 Å². The molecule has 0 bridgehead atoms. The molecule has 0 aliphatic heterocycles. The van der Waals surface area contributed by atoms with Gasteiger partial charge in [0.15, 0.2) is 6.10 Å². The molecule has 0 saturated carbocycles. The van der Waals surface area contributed by atoms with E-state index in [0.717, 1.165) is 77.0 Å². The van der Waals surface area contributed by atoms with Gasteiger partial charge in [0.05, 0.1) is 13.2 Å². The molecule has 0 spiro atoms. The fourth-order valence-electron chi connectivity index (χ4n) is 10.8. The number of hydrogen-bond acceptors (Lipinski definition) is 8.